The first-order valence-corrected chi connectivity index (χ1v) is 8.33. The van der Waals surface area contributed by atoms with Crippen LogP contribution in [0.2, 0.25) is 0 Å². The molecule has 2 aromatic heterocycles. The molecule has 0 saturated heterocycles. The monoisotopic (exact) mass is 384 g/mol. The molecule has 0 bridgehead atoms. The normalized spacial score (nSPS) is 10.6. The first-order valence-electron chi connectivity index (χ1n) is 8.33. The maximum atomic E-state index is 13.7. The number of anilines is 1. The summed E-state index contributed by atoms with van der Waals surface area (Å²) in [5.74, 6) is -1.73. The van der Waals surface area contributed by atoms with Gasteiger partial charge in [-0.3, -0.25) is 14.3 Å². The molecule has 2 N–H and O–H groups in total. The van der Waals surface area contributed by atoms with Crippen LogP contribution in [0.4, 0.5) is 10.2 Å². The molecule has 3 aromatic rings. The molecule has 0 aliphatic heterocycles. The number of carbonyl (C=O) groups excluding carboxylic acids is 1. The predicted molar refractivity (Wildman–Crippen MR) is 98.7 cm³/mol. The summed E-state index contributed by atoms with van der Waals surface area (Å²) in [6, 6.07) is 8.37. The van der Waals surface area contributed by atoms with Gasteiger partial charge >= 0.3 is 5.97 Å². The fourth-order valence-electron chi connectivity index (χ4n) is 2.72. The van der Waals surface area contributed by atoms with Crippen molar-refractivity contribution in [1.82, 2.24) is 14.3 Å². The summed E-state index contributed by atoms with van der Waals surface area (Å²) >= 11 is 0. The van der Waals surface area contributed by atoms with Gasteiger partial charge < -0.3 is 15.0 Å². The van der Waals surface area contributed by atoms with Crippen LogP contribution in [0.15, 0.2) is 53.6 Å². The van der Waals surface area contributed by atoms with Crippen LogP contribution in [0.1, 0.15) is 21.5 Å². The lowest BCUT2D eigenvalue weighted by atomic mass is 10.1. The Morgan fingerprint density at radius 2 is 1.93 bits per heavy atom. The SMILES string of the molecule is Cn1ncc(Cn2cc(C(=O)O)ccc2=O)c1NC(=O)Cc1ccccc1F. The molecular weight excluding hydrogens is 367 g/mol. The Labute approximate surface area is 158 Å². The van der Waals surface area contributed by atoms with Gasteiger partial charge in [0.05, 0.1) is 24.7 Å². The first kappa shape index (κ1) is 19.0. The fraction of sp³-hybridized carbons (Fsp3) is 0.158. The molecule has 0 fully saturated rings. The molecule has 0 aliphatic carbocycles. The summed E-state index contributed by atoms with van der Waals surface area (Å²) in [5.41, 5.74) is 0.342. The number of nitrogens with zero attached hydrogens (tertiary/aromatic N) is 3. The molecule has 9 heteroatoms. The van der Waals surface area contributed by atoms with Gasteiger partial charge in [0.15, 0.2) is 0 Å². The molecule has 8 nitrogen and oxygen atoms in total. The van der Waals surface area contributed by atoms with Crippen molar-refractivity contribution in [2.45, 2.75) is 13.0 Å². The molecule has 0 unspecified atom stereocenters. The summed E-state index contributed by atoms with van der Waals surface area (Å²) in [6.07, 6.45) is 2.53. The molecule has 144 valence electrons. The van der Waals surface area contributed by atoms with Crippen LogP contribution in [0.5, 0.6) is 0 Å². The summed E-state index contributed by atoms with van der Waals surface area (Å²) in [4.78, 5) is 35.5. The highest BCUT2D eigenvalue weighted by molar-refractivity contribution is 5.92. The van der Waals surface area contributed by atoms with E-state index in [1.807, 2.05) is 0 Å². The van der Waals surface area contributed by atoms with Crippen LogP contribution in [0.25, 0.3) is 0 Å². The molecule has 3 rings (SSSR count). The Hall–Kier alpha value is -3.75. The lowest BCUT2D eigenvalue weighted by Crippen LogP contribution is -2.22. The van der Waals surface area contributed by atoms with E-state index in [1.54, 1.807) is 19.2 Å². The number of aromatic nitrogens is 3. The van der Waals surface area contributed by atoms with Crippen molar-refractivity contribution < 1.29 is 19.1 Å². The highest BCUT2D eigenvalue weighted by atomic mass is 19.1. The molecule has 0 radical (unpaired) electrons. The lowest BCUT2D eigenvalue weighted by Gasteiger charge is -2.11. The smallest absolute Gasteiger partial charge is 0.337 e. The van der Waals surface area contributed by atoms with E-state index in [-0.39, 0.29) is 24.1 Å². The van der Waals surface area contributed by atoms with E-state index in [0.29, 0.717) is 11.4 Å². The van der Waals surface area contributed by atoms with E-state index >= 15 is 0 Å². The van der Waals surface area contributed by atoms with Crippen LogP contribution in [-0.4, -0.2) is 31.3 Å². The van der Waals surface area contributed by atoms with Gasteiger partial charge in [-0.15, -0.1) is 0 Å². The second-order valence-corrected chi connectivity index (χ2v) is 6.15. The van der Waals surface area contributed by atoms with Gasteiger partial charge in [0.1, 0.15) is 11.6 Å². The Morgan fingerprint density at radius 1 is 1.18 bits per heavy atom. The van der Waals surface area contributed by atoms with Crippen LogP contribution >= 0.6 is 0 Å². The van der Waals surface area contributed by atoms with E-state index < -0.39 is 23.3 Å². The number of aryl methyl sites for hydroxylation is 1. The Morgan fingerprint density at radius 3 is 2.64 bits per heavy atom. The van der Waals surface area contributed by atoms with Gasteiger partial charge in [-0.2, -0.15) is 5.10 Å². The maximum absolute atomic E-state index is 13.7. The number of carbonyl (C=O) groups is 2. The molecule has 0 aliphatic rings. The second kappa shape index (κ2) is 7.87. The Kier molecular flexibility index (Phi) is 5.35. The number of carboxylic acid groups (broad SMARTS) is 1. The topological polar surface area (TPSA) is 106 Å². The van der Waals surface area contributed by atoms with Crippen LogP contribution in [-0.2, 0) is 24.8 Å². The maximum Gasteiger partial charge on any atom is 0.337 e. The third-order valence-electron chi connectivity index (χ3n) is 4.15. The zero-order valence-electron chi connectivity index (χ0n) is 14.9. The minimum Gasteiger partial charge on any atom is -0.478 e. The molecule has 0 atom stereocenters. The number of aromatic carboxylic acids is 1. The quantitative estimate of drug-likeness (QED) is 0.672. The summed E-state index contributed by atoms with van der Waals surface area (Å²) in [6.45, 7) is 0.0170. The number of nitrogens with one attached hydrogen (secondary N) is 1. The van der Waals surface area contributed by atoms with Crippen LogP contribution in [0.3, 0.4) is 0 Å². The Balaban J connectivity index is 1.82. The van der Waals surface area contributed by atoms with E-state index in [2.05, 4.69) is 10.4 Å². The van der Waals surface area contributed by atoms with E-state index in [0.717, 1.165) is 6.07 Å². The van der Waals surface area contributed by atoms with Crippen LogP contribution < -0.4 is 10.9 Å². The van der Waals surface area contributed by atoms with Crippen molar-refractivity contribution in [3.8, 4) is 0 Å². The number of halogens is 1. The average Bonchev–Trinajstić information content (AvgIpc) is 2.98. The number of hydrogen-bond acceptors (Lipinski definition) is 4. The fourth-order valence-corrected chi connectivity index (χ4v) is 2.72. The molecular formula is C19H17FN4O4. The zero-order valence-corrected chi connectivity index (χ0v) is 14.9. The number of amides is 1. The number of carboxylic acids is 1. The number of pyridine rings is 1. The van der Waals surface area contributed by atoms with Crippen molar-refractivity contribution in [3.05, 3.63) is 81.7 Å². The van der Waals surface area contributed by atoms with E-state index in [4.69, 9.17) is 5.11 Å². The molecule has 1 aromatic carbocycles. The molecule has 0 spiro atoms. The van der Waals surface area contributed by atoms with Gasteiger partial charge in [-0.1, -0.05) is 18.2 Å². The van der Waals surface area contributed by atoms with Crippen molar-refractivity contribution in [2.24, 2.45) is 7.05 Å². The molecule has 1 amide bonds. The standard InChI is InChI=1S/C19H17FN4O4/c1-23-18(22-16(25)8-12-4-2-3-5-15(12)20)14(9-21-23)11-24-10-13(19(27)28)6-7-17(24)26/h2-7,9-10H,8,11H2,1H3,(H,22,25)(H,27,28). The minimum atomic E-state index is -1.15. The van der Waals surface area contributed by atoms with Gasteiger partial charge in [-0.05, 0) is 17.7 Å². The van der Waals surface area contributed by atoms with Gasteiger partial charge in [0.25, 0.3) is 5.56 Å². The highest BCUT2D eigenvalue weighted by Crippen LogP contribution is 2.16. The largest absolute Gasteiger partial charge is 0.478 e. The van der Waals surface area contributed by atoms with Gasteiger partial charge in [0.2, 0.25) is 5.91 Å². The predicted octanol–water partition coefficient (Wildman–Crippen LogP) is 1.65. The number of hydrogen-bond donors (Lipinski definition) is 2. The molecule has 28 heavy (non-hydrogen) atoms. The Bertz CT molecular complexity index is 1100. The van der Waals surface area contributed by atoms with E-state index in [1.165, 1.54) is 39.8 Å². The third-order valence-corrected chi connectivity index (χ3v) is 4.15. The van der Waals surface area contributed by atoms with Gasteiger partial charge in [0, 0.05) is 24.9 Å². The number of rotatable bonds is 6. The van der Waals surface area contributed by atoms with Crippen molar-refractivity contribution in [1.29, 1.82) is 0 Å². The van der Waals surface area contributed by atoms with Gasteiger partial charge in [-0.25, -0.2) is 9.18 Å². The molecule has 0 saturated carbocycles. The minimum absolute atomic E-state index is 0.0170. The summed E-state index contributed by atoms with van der Waals surface area (Å²) in [7, 11) is 1.61. The number of benzene rings is 1. The summed E-state index contributed by atoms with van der Waals surface area (Å²) in [5, 5.41) is 15.8. The average molecular weight is 384 g/mol. The third kappa shape index (κ3) is 4.14. The lowest BCUT2D eigenvalue weighted by molar-refractivity contribution is -0.115. The first-order chi connectivity index (χ1) is 13.3. The van der Waals surface area contributed by atoms with Crippen molar-refractivity contribution in [2.75, 3.05) is 5.32 Å². The second-order valence-electron chi connectivity index (χ2n) is 6.15. The summed E-state index contributed by atoms with van der Waals surface area (Å²) < 4.78 is 16.4. The van der Waals surface area contributed by atoms with E-state index in [9.17, 15) is 18.8 Å². The zero-order chi connectivity index (χ0) is 20.3. The van der Waals surface area contributed by atoms with Crippen LogP contribution in [0, 0.1) is 5.82 Å². The van der Waals surface area contributed by atoms with Crippen molar-refractivity contribution >= 4 is 17.7 Å². The highest BCUT2D eigenvalue weighted by Gasteiger charge is 2.15. The molecule has 2 heterocycles. The van der Waals surface area contributed by atoms with Crippen molar-refractivity contribution in [3.63, 3.8) is 0 Å².